The average Bonchev–Trinajstić information content (AvgIpc) is 2.17. The normalized spacial score (nSPS) is 40.8. The molecule has 0 aliphatic carbocycles. The fourth-order valence-electron chi connectivity index (χ4n) is 2.04. The van der Waals surface area contributed by atoms with Gasteiger partial charge in [-0.3, -0.25) is 5.43 Å². The van der Waals surface area contributed by atoms with E-state index in [0.29, 0.717) is 0 Å². The van der Waals surface area contributed by atoms with Crippen LogP contribution in [0.5, 0.6) is 0 Å². The third-order valence-corrected chi connectivity index (χ3v) is 2.74. The van der Waals surface area contributed by atoms with Crippen LogP contribution >= 0.6 is 0 Å². The van der Waals surface area contributed by atoms with E-state index in [4.69, 9.17) is 0 Å². The first-order valence-electron chi connectivity index (χ1n) is 4.43. The Morgan fingerprint density at radius 3 is 3.10 bits per heavy atom. The minimum absolute atomic E-state index is 1.03. The van der Waals surface area contributed by atoms with Gasteiger partial charge in [-0.1, -0.05) is 0 Å². The highest BCUT2D eigenvalue weighted by atomic mass is 15.5. The molecule has 2 nitrogen and oxygen atoms in total. The van der Waals surface area contributed by atoms with E-state index in [0.717, 1.165) is 5.92 Å². The zero-order valence-corrected chi connectivity index (χ0v) is 6.47. The van der Waals surface area contributed by atoms with Crippen molar-refractivity contribution in [3.63, 3.8) is 0 Å². The van der Waals surface area contributed by atoms with Gasteiger partial charge in [0.25, 0.3) is 0 Å². The van der Waals surface area contributed by atoms with Crippen molar-refractivity contribution in [3.05, 3.63) is 0 Å². The second-order valence-corrected chi connectivity index (χ2v) is 3.48. The van der Waals surface area contributed by atoms with Crippen LogP contribution in [0.4, 0.5) is 0 Å². The van der Waals surface area contributed by atoms with Gasteiger partial charge in [0.2, 0.25) is 0 Å². The van der Waals surface area contributed by atoms with E-state index in [1.807, 2.05) is 0 Å². The lowest BCUT2D eigenvalue weighted by molar-refractivity contribution is 0.202. The lowest BCUT2D eigenvalue weighted by atomic mass is 9.97. The van der Waals surface area contributed by atoms with Crippen LogP contribution in [0.25, 0.3) is 0 Å². The Kier molecular flexibility index (Phi) is 1.91. The monoisotopic (exact) mass is 140 g/mol. The van der Waals surface area contributed by atoms with Gasteiger partial charge in [-0.2, -0.15) is 0 Å². The quantitative estimate of drug-likeness (QED) is 0.540. The fraction of sp³-hybridized carbons (Fsp3) is 1.00. The summed E-state index contributed by atoms with van der Waals surface area (Å²) in [4.78, 5) is 0. The van der Waals surface area contributed by atoms with Crippen molar-refractivity contribution < 1.29 is 0 Å². The number of rotatable bonds is 0. The van der Waals surface area contributed by atoms with Crippen molar-refractivity contribution in [2.24, 2.45) is 5.92 Å². The van der Waals surface area contributed by atoms with Crippen LogP contribution in [0.1, 0.15) is 25.7 Å². The molecule has 0 saturated carbocycles. The van der Waals surface area contributed by atoms with Crippen molar-refractivity contribution in [2.75, 3.05) is 19.6 Å². The largest absolute Gasteiger partial charge is 0.255 e. The van der Waals surface area contributed by atoms with E-state index in [1.54, 1.807) is 0 Å². The maximum absolute atomic E-state index is 3.45. The zero-order valence-electron chi connectivity index (χ0n) is 6.47. The summed E-state index contributed by atoms with van der Waals surface area (Å²) >= 11 is 0. The van der Waals surface area contributed by atoms with E-state index in [1.165, 1.54) is 45.3 Å². The number of hydrogen-bond acceptors (Lipinski definition) is 2. The Balaban J connectivity index is 2.01. The third kappa shape index (κ3) is 1.32. The highest BCUT2D eigenvalue weighted by molar-refractivity contribution is 4.72. The van der Waals surface area contributed by atoms with Crippen LogP contribution in [0.3, 0.4) is 0 Å². The molecule has 1 N–H and O–H groups in total. The van der Waals surface area contributed by atoms with Crippen LogP contribution in [0.2, 0.25) is 0 Å². The molecule has 0 radical (unpaired) electrons. The molecule has 0 spiro atoms. The smallest absolute Gasteiger partial charge is 0.0133 e. The number of hydrogen-bond donors (Lipinski definition) is 1. The maximum atomic E-state index is 3.45. The number of fused-ring (bicyclic) bond motifs is 3. The molecule has 2 heterocycles. The predicted molar refractivity (Wildman–Crippen MR) is 41.5 cm³/mol. The first-order valence-corrected chi connectivity index (χ1v) is 4.43. The number of nitrogens with zero attached hydrogens (tertiary/aromatic N) is 1. The van der Waals surface area contributed by atoms with Gasteiger partial charge in [-0.25, -0.2) is 5.01 Å². The summed E-state index contributed by atoms with van der Waals surface area (Å²) in [5, 5.41) is 2.40. The molecule has 0 aromatic carbocycles. The number of hydrazine groups is 1. The van der Waals surface area contributed by atoms with Crippen molar-refractivity contribution in [3.8, 4) is 0 Å². The van der Waals surface area contributed by atoms with Gasteiger partial charge in [-0.05, 0) is 31.6 Å². The van der Waals surface area contributed by atoms with Crippen molar-refractivity contribution in [1.29, 1.82) is 0 Å². The molecule has 2 atom stereocenters. The summed E-state index contributed by atoms with van der Waals surface area (Å²) in [7, 11) is 0. The summed E-state index contributed by atoms with van der Waals surface area (Å²) < 4.78 is 0. The van der Waals surface area contributed by atoms with Crippen LogP contribution in [-0.2, 0) is 0 Å². The van der Waals surface area contributed by atoms with Crippen molar-refractivity contribution in [2.45, 2.75) is 25.7 Å². The zero-order chi connectivity index (χ0) is 6.81. The Bertz CT molecular complexity index is 91.8. The van der Waals surface area contributed by atoms with Gasteiger partial charge >= 0.3 is 0 Å². The third-order valence-electron chi connectivity index (χ3n) is 2.74. The molecule has 2 unspecified atom stereocenters. The summed E-state index contributed by atoms with van der Waals surface area (Å²) in [6.07, 6.45) is 5.69. The van der Waals surface area contributed by atoms with Crippen LogP contribution in [-0.4, -0.2) is 24.6 Å². The Morgan fingerprint density at radius 1 is 1.10 bits per heavy atom. The van der Waals surface area contributed by atoms with E-state index in [2.05, 4.69) is 10.4 Å². The van der Waals surface area contributed by atoms with Gasteiger partial charge in [-0.15, -0.1) is 0 Å². The van der Waals surface area contributed by atoms with Gasteiger partial charge in [0.15, 0.2) is 0 Å². The van der Waals surface area contributed by atoms with Gasteiger partial charge < -0.3 is 0 Å². The molecule has 2 rings (SSSR count). The first kappa shape index (κ1) is 6.62. The minimum atomic E-state index is 1.03. The summed E-state index contributed by atoms with van der Waals surface area (Å²) in [5.41, 5.74) is 3.45. The van der Waals surface area contributed by atoms with E-state index in [9.17, 15) is 0 Å². The van der Waals surface area contributed by atoms with Gasteiger partial charge in [0, 0.05) is 19.6 Å². The standard InChI is InChI=1S/C8H16N2/c1-2-8-3-5-9-10(6-1)7-4-8/h8-9H,1-7H2. The molecule has 0 amide bonds. The lowest BCUT2D eigenvalue weighted by Gasteiger charge is -2.20. The lowest BCUT2D eigenvalue weighted by Crippen LogP contribution is -2.38. The molecule has 2 heteroatoms. The molecular weight excluding hydrogens is 124 g/mol. The Hall–Kier alpha value is -0.0800. The van der Waals surface area contributed by atoms with E-state index < -0.39 is 0 Å². The highest BCUT2D eigenvalue weighted by Gasteiger charge is 2.19. The Labute approximate surface area is 62.6 Å². The number of nitrogens with one attached hydrogen (secondary N) is 1. The highest BCUT2D eigenvalue weighted by Crippen LogP contribution is 2.21. The molecular formula is C8H16N2. The predicted octanol–water partition coefficient (Wildman–Crippen LogP) is 0.997. The minimum Gasteiger partial charge on any atom is -0.255 e. The second kappa shape index (κ2) is 2.89. The molecule has 2 aliphatic heterocycles. The SMILES string of the molecule is C1CC2CCNN(C1)CC2. The molecule has 0 aromatic rings. The average molecular weight is 140 g/mol. The van der Waals surface area contributed by atoms with Crippen LogP contribution < -0.4 is 5.43 Å². The molecule has 2 aliphatic rings. The van der Waals surface area contributed by atoms with Gasteiger partial charge in [0.05, 0.1) is 0 Å². The molecule has 58 valence electrons. The van der Waals surface area contributed by atoms with Crippen molar-refractivity contribution >= 4 is 0 Å². The van der Waals surface area contributed by atoms with Crippen LogP contribution in [0.15, 0.2) is 0 Å². The van der Waals surface area contributed by atoms with Crippen LogP contribution in [0, 0.1) is 5.92 Å². The van der Waals surface area contributed by atoms with E-state index in [-0.39, 0.29) is 0 Å². The summed E-state index contributed by atoms with van der Waals surface area (Å²) in [5.74, 6) is 1.03. The van der Waals surface area contributed by atoms with Crippen molar-refractivity contribution in [1.82, 2.24) is 10.4 Å². The Morgan fingerprint density at radius 2 is 2.10 bits per heavy atom. The summed E-state index contributed by atoms with van der Waals surface area (Å²) in [6.45, 7) is 3.77. The fourth-order valence-corrected chi connectivity index (χ4v) is 2.04. The topological polar surface area (TPSA) is 15.3 Å². The molecule has 2 saturated heterocycles. The molecule has 0 aromatic heterocycles. The van der Waals surface area contributed by atoms with Gasteiger partial charge in [0.1, 0.15) is 0 Å². The molecule has 10 heavy (non-hydrogen) atoms. The molecule has 2 bridgehead atoms. The maximum Gasteiger partial charge on any atom is 0.0133 e. The molecule has 2 fully saturated rings. The second-order valence-electron chi connectivity index (χ2n) is 3.48. The first-order chi connectivity index (χ1) is 4.95. The summed E-state index contributed by atoms with van der Waals surface area (Å²) in [6, 6.07) is 0. The van der Waals surface area contributed by atoms with E-state index >= 15 is 0 Å².